The molecule has 3 aromatic rings. The molecule has 0 atom stereocenters. The van der Waals surface area contributed by atoms with Gasteiger partial charge in [0.1, 0.15) is 12.1 Å². The Morgan fingerprint density at radius 1 is 1.36 bits per heavy atom. The Balaban J connectivity index is 1.66. The van der Waals surface area contributed by atoms with Crippen LogP contribution in [0, 0.1) is 3.57 Å². The second kappa shape index (κ2) is 8.42. The van der Waals surface area contributed by atoms with Crippen molar-refractivity contribution >= 4 is 51.3 Å². The zero-order valence-corrected chi connectivity index (χ0v) is 18.9. The van der Waals surface area contributed by atoms with Crippen LogP contribution < -0.4 is 15.8 Å². The van der Waals surface area contributed by atoms with Crippen molar-refractivity contribution in [3.8, 4) is 5.75 Å². The first kappa shape index (κ1) is 19.7. The fraction of sp³-hybridized carbons (Fsp3) is 0.421. The van der Waals surface area contributed by atoms with Crippen molar-refractivity contribution in [3.63, 3.8) is 0 Å². The fourth-order valence-corrected chi connectivity index (χ4v) is 5.00. The lowest BCUT2D eigenvalue weighted by Gasteiger charge is -2.11. The number of rotatable bonds is 7. The third-order valence-corrected chi connectivity index (χ3v) is 6.89. The van der Waals surface area contributed by atoms with Crippen LogP contribution in [-0.4, -0.2) is 38.7 Å². The molecule has 0 saturated carbocycles. The summed E-state index contributed by atoms with van der Waals surface area (Å²) in [6.07, 6.45) is 3.46. The number of benzene rings is 1. The summed E-state index contributed by atoms with van der Waals surface area (Å²) >= 11 is 4.01. The van der Waals surface area contributed by atoms with E-state index in [1.807, 2.05) is 0 Å². The maximum atomic E-state index is 6.06. The second-order valence-corrected chi connectivity index (χ2v) is 9.20. The average molecular weight is 507 g/mol. The fourth-order valence-electron chi connectivity index (χ4n) is 3.19. The van der Waals surface area contributed by atoms with Gasteiger partial charge in [-0.3, -0.25) is 0 Å². The Morgan fingerprint density at radius 2 is 2.21 bits per heavy atom. The highest BCUT2D eigenvalue weighted by Crippen LogP contribution is 2.38. The largest absolute Gasteiger partial charge is 0.493 e. The van der Waals surface area contributed by atoms with Crippen LogP contribution in [0.5, 0.6) is 5.75 Å². The Labute approximate surface area is 182 Å². The topological polar surface area (TPSA) is 90.9 Å². The van der Waals surface area contributed by atoms with Gasteiger partial charge in [0.05, 0.1) is 6.61 Å². The van der Waals surface area contributed by atoms with E-state index in [0.717, 1.165) is 54.0 Å². The van der Waals surface area contributed by atoms with Crippen molar-refractivity contribution < 1.29 is 4.74 Å². The molecule has 7 nitrogen and oxygen atoms in total. The van der Waals surface area contributed by atoms with E-state index < -0.39 is 0 Å². The SMILES string of the molecule is CC(C)NCCCn1c(Sc2cc3c(cc2[124I])CCO3)nc2c(N)ncnc21. The van der Waals surface area contributed by atoms with Crippen molar-refractivity contribution in [2.75, 3.05) is 18.9 Å². The molecule has 28 heavy (non-hydrogen) atoms. The second-order valence-electron chi connectivity index (χ2n) is 7.03. The smallest absolute Gasteiger partial charge is 0.175 e. The van der Waals surface area contributed by atoms with Gasteiger partial charge < -0.3 is 20.4 Å². The first-order valence-electron chi connectivity index (χ1n) is 9.36. The predicted octanol–water partition coefficient (Wildman–Crippen LogP) is 3.49. The quantitative estimate of drug-likeness (QED) is 0.374. The highest BCUT2D eigenvalue weighted by atomic mass is 124. The monoisotopic (exact) mass is 507 g/mol. The molecule has 9 heteroatoms. The van der Waals surface area contributed by atoms with E-state index >= 15 is 0 Å². The van der Waals surface area contributed by atoms with Crippen molar-refractivity contribution in [2.24, 2.45) is 0 Å². The average Bonchev–Trinajstić information content (AvgIpc) is 3.24. The molecule has 1 aromatic carbocycles. The molecule has 0 fully saturated rings. The summed E-state index contributed by atoms with van der Waals surface area (Å²) in [7, 11) is 0. The molecule has 0 radical (unpaired) electrons. The van der Waals surface area contributed by atoms with Gasteiger partial charge in [0.2, 0.25) is 0 Å². The molecular formula is C19H23IN6OS. The summed E-state index contributed by atoms with van der Waals surface area (Å²) in [5.41, 5.74) is 8.78. The molecule has 3 N–H and O–H groups in total. The van der Waals surface area contributed by atoms with Crippen LogP contribution >= 0.6 is 34.4 Å². The number of halogens is 1. The molecule has 2 aromatic heterocycles. The van der Waals surface area contributed by atoms with Crippen molar-refractivity contribution in [1.82, 2.24) is 24.8 Å². The van der Waals surface area contributed by atoms with Gasteiger partial charge in [-0.15, -0.1) is 0 Å². The van der Waals surface area contributed by atoms with Crippen LogP contribution in [-0.2, 0) is 13.0 Å². The standard InChI is InChI=1S/C19H23IN6OS/c1-11(2)22-5-3-6-26-18-16(17(21)23-10-24-18)25-19(26)28-15-9-14-12(4-7-27-14)8-13(15)20/h8-11,22H,3-7H2,1-2H3,(H2,21,23,24)/i20-3. The number of imidazole rings is 1. The van der Waals surface area contributed by atoms with Crippen molar-refractivity contribution in [1.29, 1.82) is 0 Å². The molecule has 0 bridgehead atoms. The van der Waals surface area contributed by atoms with Gasteiger partial charge in [0.25, 0.3) is 0 Å². The minimum Gasteiger partial charge on any atom is -0.493 e. The Kier molecular flexibility index (Phi) is 5.93. The van der Waals surface area contributed by atoms with E-state index in [4.69, 9.17) is 15.5 Å². The highest BCUT2D eigenvalue weighted by Gasteiger charge is 2.20. The summed E-state index contributed by atoms with van der Waals surface area (Å²) in [5.74, 6) is 1.39. The Morgan fingerprint density at radius 3 is 3.04 bits per heavy atom. The Hall–Kier alpha value is -1.59. The zero-order valence-electron chi connectivity index (χ0n) is 15.9. The minimum absolute atomic E-state index is 0.415. The van der Waals surface area contributed by atoms with Gasteiger partial charge in [-0.2, -0.15) is 0 Å². The molecule has 1 aliphatic heterocycles. The summed E-state index contributed by atoms with van der Waals surface area (Å²) in [4.78, 5) is 14.4. The lowest BCUT2D eigenvalue weighted by Crippen LogP contribution is -2.24. The van der Waals surface area contributed by atoms with Crippen LogP contribution in [0.4, 0.5) is 5.82 Å². The van der Waals surface area contributed by atoms with E-state index in [2.05, 4.69) is 68.4 Å². The van der Waals surface area contributed by atoms with Gasteiger partial charge in [0, 0.05) is 27.5 Å². The molecule has 3 heterocycles. The van der Waals surface area contributed by atoms with E-state index in [-0.39, 0.29) is 0 Å². The van der Waals surface area contributed by atoms with Gasteiger partial charge in [-0.1, -0.05) is 25.6 Å². The Bertz CT molecular complexity index is 1010. The number of hydrogen-bond donors (Lipinski definition) is 2. The number of aromatic nitrogens is 4. The van der Waals surface area contributed by atoms with Crippen LogP contribution in [0.3, 0.4) is 0 Å². The molecule has 4 rings (SSSR count). The van der Waals surface area contributed by atoms with E-state index in [9.17, 15) is 0 Å². The van der Waals surface area contributed by atoms with Gasteiger partial charge in [-0.25, -0.2) is 15.0 Å². The molecule has 0 amide bonds. The maximum Gasteiger partial charge on any atom is 0.175 e. The number of nitrogen functional groups attached to an aromatic ring is 1. The van der Waals surface area contributed by atoms with E-state index in [1.165, 1.54) is 15.5 Å². The molecule has 0 aliphatic carbocycles. The third-order valence-electron chi connectivity index (χ3n) is 4.58. The number of nitrogens with zero attached hydrogens (tertiary/aromatic N) is 4. The lowest BCUT2D eigenvalue weighted by molar-refractivity contribution is 0.356. The highest BCUT2D eigenvalue weighted by molar-refractivity contribution is 14.1. The van der Waals surface area contributed by atoms with Crippen LogP contribution in [0.1, 0.15) is 25.8 Å². The number of fused-ring (bicyclic) bond motifs is 2. The number of aryl methyl sites for hydroxylation is 1. The van der Waals surface area contributed by atoms with Gasteiger partial charge in [-0.05, 0) is 53.3 Å². The summed E-state index contributed by atoms with van der Waals surface area (Å²) in [6, 6.07) is 4.80. The van der Waals surface area contributed by atoms with Crippen molar-refractivity contribution in [3.05, 3.63) is 27.6 Å². The summed E-state index contributed by atoms with van der Waals surface area (Å²) in [5, 5.41) is 4.34. The van der Waals surface area contributed by atoms with Crippen LogP contribution in [0.25, 0.3) is 11.2 Å². The number of anilines is 1. The summed E-state index contributed by atoms with van der Waals surface area (Å²) in [6.45, 7) is 6.81. The van der Waals surface area contributed by atoms with Crippen LogP contribution in [0.2, 0.25) is 0 Å². The number of nitrogens with two attached hydrogens (primary N) is 1. The summed E-state index contributed by atoms with van der Waals surface area (Å²) < 4.78 is 9.09. The van der Waals surface area contributed by atoms with E-state index in [1.54, 1.807) is 11.8 Å². The van der Waals surface area contributed by atoms with Crippen molar-refractivity contribution in [2.45, 2.75) is 49.3 Å². The van der Waals surface area contributed by atoms with E-state index in [0.29, 0.717) is 17.4 Å². The predicted molar refractivity (Wildman–Crippen MR) is 120 cm³/mol. The molecular weight excluding hydrogens is 484 g/mol. The minimum atomic E-state index is 0.415. The number of hydrogen-bond acceptors (Lipinski definition) is 7. The normalized spacial score (nSPS) is 13.3. The molecule has 1 aliphatic rings. The third kappa shape index (κ3) is 4.06. The molecule has 0 spiro atoms. The molecule has 148 valence electrons. The lowest BCUT2D eigenvalue weighted by atomic mass is 10.2. The first-order valence-corrected chi connectivity index (χ1v) is 11.3. The first-order chi connectivity index (χ1) is 13.5. The van der Waals surface area contributed by atoms with Crippen LogP contribution in [0.15, 0.2) is 28.5 Å². The van der Waals surface area contributed by atoms with Gasteiger partial charge >= 0.3 is 0 Å². The maximum absolute atomic E-state index is 6.06. The number of nitrogens with one attached hydrogen (secondary N) is 1. The zero-order chi connectivity index (χ0) is 19.7. The molecule has 0 saturated heterocycles. The molecule has 0 unspecified atom stereocenters. The van der Waals surface area contributed by atoms with Gasteiger partial charge in [0.15, 0.2) is 22.1 Å². The number of ether oxygens (including phenoxy) is 1.